The van der Waals surface area contributed by atoms with Crippen molar-refractivity contribution in [3.8, 4) is 11.5 Å². The van der Waals surface area contributed by atoms with Crippen LogP contribution in [-0.2, 0) is 16.2 Å². The minimum absolute atomic E-state index is 0.000238. The summed E-state index contributed by atoms with van der Waals surface area (Å²) in [5, 5.41) is 0. The van der Waals surface area contributed by atoms with Crippen LogP contribution in [0.2, 0.25) is 0 Å². The highest BCUT2D eigenvalue weighted by Gasteiger charge is 2.29. The third-order valence-corrected chi connectivity index (χ3v) is 9.13. The van der Waals surface area contributed by atoms with Crippen molar-refractivity contribution in [3.63, 3.8) is 0 Å². The molecule has 0 unspecified atom stereocenters. The van der Waals surface area contributed by atoms with E-state index in [0.717, 1.165) is 41.0 Å². The van der Waals surface area contributed by atoms with Crippen molar-refractivity contribution in [2.24, 2.45) is 0 Å². The van der Waals surface area contributed by atoms with Gasteiger partial charge >= 0.3 is 0 Å². The number of hydrogen-bond acceptors (Lipinski definition) is 5. The van der Waals surface area contributed by atoms with Crippen molar-refractivity contribution >= 4 is 34.3 Å². The number of anilines is 6. The topological polar surface area (TPSA) is 31.8 Å². The summed E-state index contributed by atoms with van der Waals surface area (Å²) in [7, 11) is 2.16. The Morgan fingerprint density at radius 1 is 0.583 bits per heavy atom. The lowest BCUT2D eigenvalue weighted by molar-refractivity contribution is 0.479. The summed E-state index contributed by atoms with van der Waals surface area (Å²) in [5.41, 5.74) is 9.39. The molecule has 2 heterocycles. The van der Waals surface area contributed by atoms with Gasteiger partial charge in [0.15, 0.2) is 0 Å². The van der Waals surface area contributed by atoms with E-state index in [1.165, 1.54) is 28.1 Å². The van der Waals surface area contributed by atoms with Gasteiger partial charge in [-0.3, -0.25) is 4.90 Å². The van der Waals surface area contributed by atoms with Crippen LogP contribution in [0.1, 0.15) is 79.0 Å². The molecule has 0 bridgehead atoms. The third kappa shape index (κ3) is 6.92. The molecular weight excluding hydrogens is 589 g/mol. The van der Waals surface area contributed by atoms with Crippen LogP contribution in [0.4, 0.5) is 34.3 Å². The molecular formula is C43H50N4O. The Morgan fingerprint density at radius 3 is 1.94 bits per heavy atom. The molecule has 0 N–H and O–H groups in total. The molecule has 0 amide bonds. The van der Waals surface area contributed by atoms with Crippen molar-refractivity contribution in [2.45, 2.75) is 78.6 Å². The lowest BCUT2D eigenvalue weighted by Gasteiger charge is -2.27. The molecule has 4 aromatic carbocycles. The number of hydrogen-bond donors (Lipinski definition) is 0. The van der Waals surface area contributed by atoms with Gasteiger partial charge in [-0.2, -0.15) is 0 Å². The van der Waals surface area contributed by atoms with E-state index < -0.39 is 0 Å². The highest BCUT2D eigenvalue weighted by molar-refractivity contribution is 5.83. The van der Waals surface area contributed by atoms with Gasteiger partial charge in [-0.05, 0) is 93.6 Å². The van der Waals surface area contributed by atoms with E-state index in [-0.39, 0.29) is 16.2 Å². The zero-order chi connectivity index (χ0) is 34.4. The fourth-order valence-corrected chi connectivity index (χ4v) is 6.17. The number of ether oxygens (including phenoxy) is 1. The Balaban J connectivity index is 1.40. The quantitative estimate of drug-likeness (QED) is 0.185. The Hall–Kier alpha value is -4.77. The monoisotopic (exact) mass is 638 g/mol. The molecule has 48 heavy (non-hydrogen) atoms. The van der Waals surface area contributed by atoms with Gasteiger partial charge in [0.1, 0.15) is 17.3 Å². The van der Waals surface area contributed by atoms with E-state index in [0.29, 0.717) is 0 Å². The van der Waals surface area contributed by atoms with Gasteiger partial charge in [0.2, 0.25) is 0 Å². The van der Waals surface area contributed by atoms with Gasteiger partial charge in [-0.25, -0.2) is 4.98 Å². The summed E-state index contributed by atoms with van der Waals surface area (Å²) >= 11 is 0. The van der Waals surface area contributed by atoms with Crippen LogP contribution in [-0.4, -0.2) is 18.7 Å². The molecule has 0 fully saturated rings. The first-order valence-corrected chi connectivity index (χ1v) is 17.0. The SMILES string of the molecule is CN1CN(c2cc(Oc3cccc(N(c4ccccc4)c4cc(C(C)(C)C)ccn4)c3)cc(C(C)(C)C)c2)c2cc(C(C)(C)C)ccc21. The Kier molecular flexibility index (Phi) is 8.53. The van der Waals surface area contributed by atoms with Crippen molar-refractivity contribution < 1.29 is 4.74 Å². The molecule has 5 aromatic rings. The predicted octanol–water partition coefficient (Wildman–Crippen LogP) is 11.8. The van der Waals surface area contributed by atoms with E-state index in [1.54, 1.807) is 0 Å². The van der Waals surface area contributed by atoms with E-state index in [4.69, 9.17) is 9.72 Å². The minimum Gasteiger partial charge on any atom is -0.457 e. The van der Waals surface area contributed by atoms with Crippen LogP contribution in [0, 0.1) is 0 Å². The van der Waals surface area contributed by atoms with Crippen LogP contribution >= 0.6 is 0 Å². The average Bonchev–Trinajstić information content (AvgIpc) is 3.36. The van der Waals surface area contributed by atoms with Crippen molar-refractivity contribution in [1.29, 1.82) is 0 Å². The molecule has 0 saturated heterocycles. The van der Waals surface area contributed by atoms with Crippen LogP contribution in [0.15, 0.2) is 109 Å². The minimum atomic E-state index is -0.0640. The molecule has 0 radical (unpaired) electrons. The highest BCUT2D eigenvalue weighted by Crippen LogP contribution is 2.45. The molecule has 0 atom stereocenters. The number of fused-ring (bicyclic) bond motifs is 1. The molecule has 1 aliphatic rings. The summed E-state index contributed by atoms with van der Waals surface area (Å²) in [6.45, 7) is 21.1. The molecule has 5 heteroatoms. The first-order valence-electron chi connectivity index (χ1n) is 17.0. The Labute approximate surface area is 287 Å². The maximum atomic E-state index is 6.76. The summed E-state index contributed by atoms with van der Waals surface area (Å²) in [5.74, 6) is 2.46. The average molecular weight is 639 g/mol. The zero-order valence-electron chi connectivity index (χ0n) is 30.3. The molecule has 0 aliphatic carbocycles. The van der Waals surface area contributed by atoms with Crippen LogP contribution in [0.3, 0.4) is 0 Å². The Bertz CT molecular complexity index is 1910. The number of nitrogens with zero attached hydrogens (tertiary/aromatic N) is 4. The second kappa shape index (κ2) is 12.4. The number of aromatic nitrogens is 1. The molecule has 0 spiro atoms. The summed E-state index contributed by atoms with van der Waals surface area (Å²) in [6.07, 6.45) is 1.91. The lowest BCUT2D eigenvalue weighted by atomic mass is 9.86. The van der Waals surface area contributed by atoms with Gasteiger partial charge in [0, 0.05) is 36.8 Å². The van der Waals surface area contributed by atoms with Crippen LogP contribution in [0.5, 0.6) is 11.5 Å². The van der Waals surface area contributed by atoms with Gasteiger partial charge in [0.05, 0.1) is 23.7 Å². The van der Waals surface area contributed by atoms with Crippen molar-refractivity contribution in [2.75, 3.05) is 28.4 Å². The molecule has 1 aliphatic heterocycles. The fraction of sp³-hybridized carbons (Fsp3) is 0.326. The van der Waals surface area contributed by atoms with Gasteiger partial charge in [0.25, 0.3) is 0 Å². The maximum absolute atomic E-state index is 6.76. The van der Waals surface area contributed by atoms with Crippen LogP contribution < -0.4 is 19.4 Å². The lowest BCUT2D eigenvalue weighted by Crippen LogP contribution is -2.24. The zero-order valence-corrected chi connectivity index (χ0v) is 30.3. The van der Waals surface area contributed by atoms with Gasteiger partial charge in [-0.15, -0.1) is 0 Å². The molecule has 5 nitrogen and oxygen atoms in total. The molecule has 6 rings (SSSR count). The number of pyridine rings is 1. The first-order chi connectivity index (χ1) is 22.6. The van der Waals surface area contributed by atoms with Crippen molar-refractivity contribution in [3.05, 3.63) is 126 Å². The van der Waals surface area contributed by atoms with E-state index in [2.05, 4.69) is 175 Å². The Morgan fingerprint density at radius 2 is 1.25 bits per heavy atom. The molecule has 1 aromatic heterocycles. The second-order valence-electron chi connectivity index (χ2n) is 16.1. The highest BCUT2D eigenvalue weighted by atomic mass is 16.5. The summed E-state index contributed by atoms with van der Waals surface area (Å²) < 4.78 is 6.76. The predicted molar refractivity (Wildman–Crippen MR) is 203 cm³/mol. The third-order valence-electron chi connectivity index (χ3n) is 9.13. The van der Waals surface area contributed by atoms with Crippen LogP contribution in [0.25, 0.3) is 0 Å². The van der Waals surface area contributed by atoms with Gasteiger partial charge in [-0.1, -0.05) is 92.6 Å². The number of rotatable bonds is 6. The number of benzene rings is 4. The normalized spacial score (nSPS) is 13.5. The smallest absolute Gasteiger partial charge is 0.137 e. The molecule has 248 valence electrons. The summed E-state index contributed by atoms with van der Waals surface area (Å²) in [6, 6.07) is 36.6. The maximum Gasteiger partial charge on any atom is 0.137 e. The van der Waals surface area contributed by atoms with Gasteiger partial charge < -0.3 is 14.5 Å². The number of para-hydroxylation sites is 1. The largest absolute Gasteiger partial charge is 0.457 e. The standard InChI is InChI=1S/C43H50N4O/c1-41(2,3)30-19-20-38-39(25-30)46(29-45(38)10)35-23-32(43(7,8)9)24-37(28-35)48-36-18-14-17-34(27-36)47(33-15-12-11-13-16-33)40-26-31(21-22-44-40)42(4,5)6/h11-28H,29H2,1-10H3. The van der Waals surface area contributed by atoms with Crippen molar-refractivity contribution in [1.82, 2.24) is 4.98 Å². The first kappa shape index (κ1) is 33.1. The van der Waals surface area contributed by atoms with E-state index in [1.807, 2.05) is 18.3 Å². The molecule has 0 saturated carbocycles. The van der Waals surface area contributed by atoms with E-state index in [9.17, 15) is 0 Å². The summed E-state index contributed by atoms with van der Waals surface area (Å²) in [4.78, 5) is 11.8. The second-order valence-corrected chi connectivity index (χ2v) is 16.1. The fourth-order valence-electron chi connectivity index (χ4n) is 6.17. The van der Waals surface area contributed by atoms with E-state index >= 15 is 0 Å².